The van der Waals surface area contributed by atoms with Crippen LogP contribution in [0.5, 0.6) is 11.5 Å². The van der Waals surface area contributed by atoms with Gasteiger partial charge in [0.15, 0.2) is 23.9 Å². The van der Waals surface area contributed by atoms with E-state index in [4.69, 9.17) is 37.4 Å². The Morgan fingerprint density at radius 1 is 1.02 bits per heavy atom. The van der Waals surface area contributed by atoms with E-state index in [1.807, 2.05) is 0 Å². The summed E-state index contributed by atoms with van der Waals surface area (Å²) >= 11 is 12.8. The molecule has 1 amide bonds. The van der Waals surface area contributed by atoms with Crippen LogP contribution in [-0.4, -0.2) is 69.4 Å². The Bertz CT molecular complexity index is 1720. The molecule has 2 aliphatic rings. The van der Waals surface area contributed by atoms with E-state index < -0.39 is 28.1 Å². The van der Waals surface area contributed by atoms with Crippen LogP contribution < -0.4 is 14.2 Å². The van der Waals surface area contributed by atoms with E-state index in [2.05, 4.69) is 0 Å². The molecule has 0 spiro atoms. The van der Waals surface area contributed by atoms with Gasteiger partial charge in [0.2, 0.25) is 10.0 Å². The minimum atomic E-state index is -4.18. The van der Waals surface area contributed by atoms with Gasteiger partial charge in [-0.25, -0.2) is 8.42 Å². The summed E-state index contributed by atoms with van der Waals surface area (Å²) in [5, 5.41) is 12.1. The summed E-state index contributed by atoms with van der Waals surface area (Å²) in [5.41, 5.74) is 1.13. The number of nitrogens with zero attached hydrogens (tertiary/aromatic N) is 3. The molecule has 1 saturated carbocycles. The van der Waals surface area contributed by atoms with Crippen LogP contribution in [0.3, 0.4) is 0 Å². The predicted octanol–water partition coefficient (Wildman–Crippen LogP) is 5.34. The first-order valence-electron chi connectivity index (χ1n) is 15.3. The highest BCUT2D eigenvalue weighted by molar-refractivity contribution is 7.89. The molecule has 0 bridgehead atoms. The van der Waals surface area contributed by atoms with Crippen molar-refractivity contribution < 1.29 is 36.9 Å². The predicted molar refractivity (Wildman–Crippen MR) is 175 cm³/mol. The first-order chi connectivity index (χ1) is 22.4. The van der Waals surface area contributed by atoms with Crippen molar-refractivity contribution in [1.82, 2.24) is 9.21 Å². The molecule has 1 aliphatic heterocycles. The molecule has 0 N–H and O–H groups in total. The number of pyridine rings is 1. The quantitative estimate of drug-likeness (QED) is 0.149. The second-order valence-corrected chi connectivity index (χ2v) is 14.6. The molecular formula is C33H37Cl2N3O8S. The van der Waals surface area contributed by atoms with Crippen molar-refractivity contribution in [1.29, 1.82) is 0 Å². The zero-order chi connectivity index (χ0) is 33.9. The SMILES string of the molecule is COc1ccc(C(Cc2c(Cl)c[n+]([O-])cc2Cl)OC(=O)[C@@H]2CCCN2S(=O)(=O)c2cccc(C(=O)N(C)C)c2)cc1OC1CCCC1. The van der Waals surface area contributed by atoms with Gasteiger partial charge in [0.1, 0.15) is 22.2 Å². The second kappa shape index (κ2) is 14.7. The molecular weight excluding hydrogens is 669 g/mol. The summed E-state index contributed by atoms with van der Waals surface area (Å²) in [7, 11) is 0.516. The number of carbonyl (C=O) groups is 2. The van der Waals surface area contributed by atoms with E-state index in [-0.39, 0.29) is 51.9 Å². The molecule has 3 aromatic rings. The molecule has 1 saturated heterocycles. The Labute approximate surface area is 284 Å². The number of aromatic nitrogens is 1. The van der Waals surface area contributed by atoms with Gasteiger partial charge in [-0.1, -0.05) is 35.3 Å². The topological polar surface area (TPSA) is 129 Å². The number of benzene rings is 2. The summed E-state index contributed by atoms with van der Waals surface area (Å²) in [6, 6.07) is 9.81. The van der Waals surface area contributed by atoms with Crippen LogP contribution in [0.2, 0.25) is 10.0 Å². The number of carbonyl (C=O) groups excluding carboxylic acids is 2. The van der Waals surface area contributed by atoms with Crippen molar-refractivity contribution in [3.05, 3.63) is 86.8 Å². The number of hydrogen-bond donors (Lipinski definition) is 0. The fourth-order valence-corrected chi connectivity index (χ4v) is 8.27. The van der Waals surface area contributed by atoms with Crippen LogP contribution in [0.1, 0.15) is 66.1 Å². The molecule has 0 radical (unpaired) electrons. The molecule has 1 unspecified atom stereocenters. The molecule has 2 aromatic carbocycles. The number of rotatable bonds is 11. The normalized spacial score (nSPS) is 17.8. The molecule has 252 valence electrons. The smallest absolute Gasteiger partial charge is 0.325 e. The van der Waals surface area contributed by atoms with Gasteiger partial charge in [-0.2, -0.15) is 9.04 Å². The van der Waals surface area contributed by atoms with E-state index >= 15 is 0 Å². The fraction of sp³-hybridized carbons (Fsp3) is 0.424. The summed E-state index contributed by atoms with van der Waals surface area (Å²) in [6.07, 6.45) is 5.97. The lowest BCUT2D eigenvalue weighted by atomic mass is 10.0. The summed E-state index contributed by atoms with van der Waals surface area (Å²) in [5.74, 6) is -0.110. The average Bonchev–Trinajstić information content (AvgIpc) is 3.75. The molecule has 1 aromatic heterocycles. The number of sulfonamides is 1. The van der Waals surface area contributed by atoms with Crippen LogP contribution in [0.15, 0.2) is 59.8 Å². The first-order valence-corrected chi connectivity index (χ1v) is 17.5. The summed E-state index contributed by atoms with van der Waals surface area (Å²) < 4.78 is 47.2. The van der Waals surface area contributed by atoms with E-state index in [1.165, 1.54) is 36.3 Å². The van der Waals surface area contributed by atoms with Crippen LogP contribution >= 0.6 is 23.2 Å². The Balaban J connectivity index is 1.47. The van der Waals surface area contributed by atoms with Crippen LogP contribution in [-0.2, 0) is 26.0 Å². The fourth-order valence-electron chi connectivity index (χ4n) is 5.98. The van der Waals surface area contributed by atoms with Gasteiger partial charge in [0.05, 0.1) is 18.1 Å². The maximum absolute atomic E-state index is 13.9. The maximum atomic E-state index is 13.9. The molecule has 14 heteroatoms. The van der Waals surface area contributed by atoms with Gasteiger partial charge >= 0.3 is 5.97 Å². The highest BCUT2D eigenvalue weighted by Gasteiger charge is 2.41. The van der Waals surface area contributed by atoms with E-state index in [0.29, 0.717) is 33.8 Å². The third-order valence-electron chi connectivity index (χ3n) is 8.43. The van der Waals surface area contributed by atoms with Gasteiger partial charge < -0.3 is 24.3 Å². The molecule has 5 rings (SSSR count). The Morgan fingerprint density at radius 2 is 1.72 bits per heavy atom. The van der Waals surface area contributed by atoms with E-state index in [9.17, 15) is 23.2 Å². The number of ether oxygens (including phenoxy) is 3. The van der Waals surface area contributed by atoms with Crippen molar-refractivity contribution in [2.24, 2.45) is 0 Å². The standard InChI is InChI=1S/C33H37Cl2N3O8S/c1-36(2)32(39)22-8-6-11-24(16-22)47(42,43)38-15-7-12-28(38)33(40)46-30(18-25-26(34)19-37(41)20-27(25)35)21-13-14-29(44-3)31(17-21)45-23-9-4-5-10-23/h6,8,11,13-14,16-17,19-20,23,28,30H,4-5,7,9-10,12,15,18H2,1-3H3/t28-,30?/m0/s1. The van der Waals surface area contributed by atoms with Crippen molar-refractivity contribution >= 4 is 45.1 Å². The van der Waals surface area contributed by atoms with Crippen molar-refractivity contribution in [2.75, 3.05) is 27.7 Å². The number of esters is 1. The van der Waals surface area contributed by atoms with E-state index in [1.54, 1.807) is 32.3 Å². The van der Waals surface area contributed by atoms with Crippen molar-refractivity contribution in [3.63, 3.8) is 0 Å². The molecule has 2 fully saturated rings. The molecule has 1 aliphatic carbocycles. The Hall–Kier alpha value is -3.58. The Morgan fingerprint density at radius 3 is 2.38 bits per heavy atom. The number of halogens is 2. The van der Waals surface area contributed by atoms with Crippen molar-refractivity contribution in [3.8, 4) is 11.5 Å². The highest BCUT2D eigenvalue weighted by atomic mass is 35.5. The number of hydrogen-bond acceptors (Lipinski definition) is 8. The molecule has 47 heavy (non-hydrogen) atoms. The lowest BCUT2D eigenvalue weighted by molar-refractivity contribution is -0.605. The van der Waals surface area contributed by atoms with Gasteiger partial charge in [0, 0.05) is 38.2 Å². The van der Waals surface area contributed by atoms with Gasteiger partial charge in [-0.3, -0.25) is 9.59 Å². The third-order valence-corrected chi connectivity index (χ3v) is 11.0. The lowest BCUT2D eigenvalue weighted by Crippen LogP contribution is -2.42. The summed E-state index contributed by atoms with van der Waals surface area (Å²) in [6.45, 7) is 0.0976. The lowest BCUT2D eigenvalue weighted by Gasteiger charge is -2.27. The van der Waals surface area contributed by atoms with Crippen LogP contribution in [0.25, 0.3) is 0 Å². The van der Waals surface area contributed by atoms with Gasteiger partial charge in [0.25, 0.3) is 5.91 Å². The van der Waals surface area contributed by atoms with Crippen molar-refractivity contribution in [2.45, 2.75) is 68.1 Å². The number of methoxy groups -OCH3 is 1. The van der Waals surface area contributed by atoms with Gasteiger partial charge in [-0.05, 0) is 74.4 Å². The average molecular weight is 707 g/mol. The maximum Gasteiger partial charge on any atom is 0.325 e. The zero-order valence-corrected chi connectivity index (χ0v) is 28.7. The molecule has 2 heterocycles. The summed E-state index contributed by atoms with van der Waals surface area (Å²) in [4.78, 5) is 27.7. The third kappa shape index (κ3) is 7.77. The monoisotopic (exact) mass is 705 g/mol. The minimum Gasteiger partial charge on any atom is -0.619 e. The minimum absolute atomic E-state index is 0.00634. The van der Waals surface area contributed by atoms with Crippen LogP contribution in [0, 0.1) is 5.21 Å². The highest BCUT2D eigenvalue weighted by Crippen LogP contribution is 2.38. The zero-order valence-electron chi connectivity index (χ0n) is 26.4. The van der Waals surface area contributed by atoms with Crippen LogP contribution in [0.4, 0.5) is 0 Å². The first kappa shape index (κ1) is 34.7. The van der Waals surface area contributed by atoms with Gasteiger partial charge in [-0.15, -0.1) is 0 Å². The van der Waals surface area contributed by atoms with E-state index in [0.717, 1.165) is 42.4 Å². The second-order valence-electron chi connectivity index (χ2n) is 11.9. The molecule has 11 nitrogen and oxygen atoms in total. The largest absolute Gasteiger partial charge is 0.619 e. The Kier molecular flexibility index (Phi) is 10.8. The molecule has 2 atom stereocenters. The number of amides is 1.